The van der Waals surface area contributed by atoms with E-state index in [0.717, 1.165) is 25.2 Å². The van der Waals surface area contributed by atoms with Crippen LogP contribution in [0.4, 0.5) is 4.39 Å². The van der Waals surface area contributed by atoms with E-state index in [1.54, 1.807) is 19.5 Å². The van der Waals surface area contributed by atoms with E-state index in [9.17, 15) is 4.39 Å². The monoisotopic (exact) mass is 367 g/mol. The number of aromatic nitrogens is 2. The van der Waals surface area contributed by atoms with Crippen LogP contribution in [0.3, 0.4) is 0 Å². The molecule has 1 aromatic heterocycles. The van der Waals surface area contributed by atoms with Crippen molar-refractivity contribution in [2.45, 2.75) is 37.8 Å². The number of methoxy groups -OCH3 is 1. The van der Waals surface area contributed by atoms with Gasteiger partial charge in [-0.3, -0.25) is 4.98 Å². The van der Waals surface area contributed by atoms with E-state index in [-0.39, 0.29) is 11.8 Å². The molecule has 1 aliphatic heterocycles. The molecule has 27 heavy (non-hydrogen) atoms. The van der Waals surface area contributed by atoms with Gasteiger partial charge in [0, 0.05) is 43.9 Å². The van der Waals surface area contributed by atoms with Gasteiger partial charge in [-0.25, -0.2) is 9.37 Å². The summed E-state index contributed by atoms with van der Waals surface area (Å²) in [6, 6.07) is 8.55. The molecule has 1 saturated heterocycles. The lowest BCUT2D eigenvalue weighted by Crippen LogP contribution is -2.23. The molecule has 4 rings (SSSR count). The van der Waals surface area contributed by atoms with Gasteiger partial charge in [-0.2, -0.15) is 0 Å². The maximum atomic E-state index is 13.5. The number of rotatable bonds is 6. The summed E-state index contributed by atoms with van der Waals surface area (Å²) in [5.74, 6) is 0.986. The first-order chi connectivity index (χ1) is 13.2. The zero-order valence-electron chi connectivity index (χ0n) is 15.9. The van der Waals surface area contributed by atoms with Crippen LogP contribution in [0, 0.1) is 0 Å². The third-order valence-corrected chi connectivity index (χ3v) is 5.82. The zero-order valence-corrected chi connectivity index (χ0v) is 15.9. The van der Waals surface area contributed by atoms with Gasteiger partial charge in [-0.15, -0.1) is 0 Å². The van der Waals surface area contributed by atoms with E-state index in [0.29, 0.717) is 18.8 Å². The van der Waals surface area contributed by atoms with Gasteiger partial charge in [0.15, 0.2) is 0 Å². The van der Waals surface area contributed by atoms with Gasteiger partial charge in [0.05, 0.1) is 7.11 Å². The van der Waals surface area contributed by atoms with Crippen LogP contribution in [0.5, 0.6) is 5.88 Å². The largest absolute Gasteiger partial charge is 0.480 e. The summed E-state index contributed by atoms with van der Waals surface area (Å²) in [4.78, 5) is 11.1. The maximum absolute atomic E-state index is 13.5. The van der Waals surface area contributed by atoms with Crippen LogP contribution in [0.15, 0.2) is 42.2 Å². The Morgan fingerprint density at radius 2 is 2.07 bits per heavy atom. The molecule has 2 aromatic rings. The molecule has 0 spiro atoms. The number of nitrogens with zero attached hydrogens (tertiary/aromatic N) is 3. The Hall–Kier alpha value is -2.27. The number of benzene rings is 1. The Bertz CT molecular complexity index is 838. The lowest BCUT2D eigenvalue weighted by molar-refractivity contribution is 0.289. The number of likely N-dealkylation sites (tertiary alicyclic amines) is 1. The number of halogens is 1. The third-order valence-electron chi connectivity index (χ3n) is 5.82. The Morgan fingerprint density at radius 1 is 1.26 bits per heavy atom. The van der Waals surface area contributed by atoms with Crippen LogP contribution in [0.2, 0.25) is 0 Å². The second-order valence-electron chi connectivity index (χ2n) is 7.50. The maximum Gasteiger partial charge on any atom is 0.235 e. The van der Waals surface area contributed by atoms with Crippen LogP contribution in [0.1, 0.15) is 48.4 Å². The predicted molar refractivity (Wildman–Crippen MR) is 105 cm³/mol. The number of alkyl halides is 1. The average Bonchev–Trinajstić information content (AvgIpc) is 3.28. The van der Waals surface area contributed by atoms with Crippen molar-refractivity contribution >= 4 is 6.08 Å². The highest BCUT2D eigenvalue weighted by Gasteiger charge is 2.33. The SMILES string of the molecule is COc1nccnc1C(C)C1C(CCN2CCC(F)C2)=Cc2ccccc21. The topological polar surface area (TPSA) is 38.3 Å². The van der Waals surface area contributed by atoms with Gasteiger partial charge in [0.25, 0.3) is 0 Å². The summed E-state index contributed by atoms with van der Waals surface area (Å²) in [6.45, 7) is 4.53. The van der Waals surface area contributed by atoms with E-state index >= 15 is 0 Å². The van der Waals surface area contributed by atoms with Gasteiger partial charge in [-0.1, -0.05) is 42.8 Å². The van der Waals surface area contributed by atoms with Crippen molar-refractivity contribution in [1.82, 2.24) is 14.9 Å². The van der Waals surface area contributed by atoms with Gasteiger partial charge >= 0.3 is 0 Å². The van der Waals surface area contributed by atoms with E-state index in [1.807, 2.05) is 0 Å². The predicted octanol–water partition coefficient (Wildman–Crippen LogP) is 4.20. The Labute approximate surface area is 160 Å². The van der Waals surface area contributed by atoms with Crippen LogP contribution < -0.4 is 4.74 Å². The molecule has 0 N–H and O–H groups in total. The van der Waals surface area contributed by atoms with Crippen molar-refractivity contribution in [2.75, 3.05) is 26.7 Å². The first kappa shape index (κ1) is 18.1. The van der Waals surface area contributed by atoms with E-state index < -0.39 is 6.17 Å². The van der Waals surface area contributed by atoms with Crippen LogP contribution in [0.25, 0.3) is 6.08 Å². The van der Waals surface area contributed by atoms with Crippen LogP contribution >= 0.6 is 0 Å². The summed E-state index contributed by atoms with van der Waals surface area (Å²) in [5.41, 5.74) is 4.88. The zero-order chi connectivity index (χ0) is 18.8. The molecule has 0 radical (unpaired) electrons. The standard InChI is InChI=1S/C22H26FN3O/c1-15(21-22(27-2)25-10-9-24-21)20-17(7-11-26-12-8-18(23)14-26)13-16-5-3-4-6-19(16)20/h3-6,9-10,13,15,18,20H,7-8,11-12,14H2,1-2H3. The molecule has 3 unspecified atom stereocenters. The fourth-order valence-corrected chi connectivity index (χ4v) is 4.47. The molecule has 5 heteroatoms. The molecule has 2 heterocycles. The normalized spacial score (nSPS) is 23.1. The number of hydrogen-bond donors (Lipinski definition) is 0. The van der Waals surface area contributed by atoms with Crippen molar-refractivity contribution in [3.63, 3.8) is 0 Å². The Morgan fingerprint density at radius 3 is 2.85 bits per heavy atom. The summed E-state index contributed by atoms with van der Waals surface area (Å²) in [7, 11) is 1.64. The van der Waals surface area contributed by atoms with Crippen LogP contribution in [-0.2, 0) is 0 Å². The first-order valence-corrected chi connectivity index (χ1v) is 9.68. The quantitative estimate of drug-likeness (QED) is 0.767. The van der Waals surface area contributed by atoms with Gasteiger partial charge in [0.1, 0.15) is 11.9 Å². The smallest absolute Gasteiger partial charge is 0.235 e. The molecular formula is C22H26FN3O. The molecule has 0 bridgehead atoms. The molecule has 0 saturated carbocycles. The summed E-state index contributed by atoms with van der Waals surface area (Å²) >= 11 is 0. The molecule has 1 aromatic carbocycles. The van der Waals surface area contributed by atoms with E-state index in [2.05, 4.69) is 52.1 Å². The van der Waals surface area contributed by atoms with Crippen molar-refractivity contribution in [2.24, 2.45) is 0 Å². The number of hydrogen-bond acceptors (Lipinski definition) is 4. The second-order valence-corrected chi connectivity index (χ2v) is 7.50. The molecule has 0 amide bonds. The second kappa shape index (κ2) is 7.77. The van der Waals surface area contributed by atoms with Crippen molar-refractivity contribution in [3.05, 3.63) is 59.1 Å². The van der Waals surface area contributed by atoms with Crippen LogP contribution in [-0.4, -0.2) is 47.8 Å². The van der Waals surface area contributed by atoms with Crippen molar-refractivity contribution in [1.29, 1.82) is 0 Å². The van der Waals surface area contributed by atoms with E-state index in [4.69, 9.17) is 4.74 Å². The summed E-state index contributed by atoms with van der Waals surface area (Å²) in [6.07, 6.45) is 6.63. The lowest BCUT2D eigenvalue weighted by Gasteiger charge is -2.26. The Balaban J connectivity index is 1.60. The van der Waals surface area contributed by atoms with E-state index in [1.165, 1.54) is 16.7 Å². The average molecular weight is 367 g/mol. The van der Waals surface area contributed by atoms with Crippen molar-refractivity contribution < 1.29 is 9.13 Å². The minimum absolute atomic E-state index is 0.149. The summed E-state index contributed by atoms with van der Waals surface area (Å²) in [5, 5.41) is 0. The molecule has 2 aliphatic rings. The molecular weight excluding hydrogens is 341 g/mol. The highest BCUT2D eigenvalue weighted by Crippen LogP contribution is 2.47. The minimum atomic E-state index is -0.668. The summed E-state index contributed by atoms with van der Waals surface area (Å²) < 4.78 is 19.0. The molecule has 3 atom stereocenters. The lowest BCUT2D eigenvalue weighted by atomic mass is 9.81. The van der Waals surface area contributed by atoms with Crippen molar-refractivity contribution in [3.8, 4) is 5.88 Å². The Kier molecular flexibility index (Phi) is 5.21. The molecule has 1 fully saturated rings. The molecule has 4 nitrogen and oxygen atoms in total. The highest BCUT2D eigenvalue weighted by molar-refractivity contribution is 5.67. The van der Waals surface area contributed by atoms with Gasteiger partial charge in [0.2, 0.25) is 5.88 Å². The minimum Gasteiger partial charge on any atom is -0.480 e. The highest BCUT2D eigenvalue weighted by atomic mass is 19.1. The number of ether oxygens (including phenoxy) is 1. The fraction of sp³-hybridized carbons (Fsp3) is 0.455. The van der Waals surface area contributed by atoms with Gasteiger partial charge in [-0.05, 0) is 24.0 Å². The third kappa shape index (κ3) is 3.61. The molecule has 142 valence electrons. The van der Waals surface area contributed by atoms with Gasteiger partial charge < -0.3 is 9.64 Å². The first-order valence-electron chi connectivity index (χ1n) is 9.68. The number of fused-ring (bicyclic) bond motifs is 1. The fourth-order valence-electron chi connectivity index (χ4n) is 4.47. The molecule has 1 aliphatic carbocycles.